The Balaban J connectivity index is 2.74. The molecular weight excluding hydrogens is 289 g/mol. The van der Waals surface area contributed by atoms with Gasteiger partial charge in [0.25, 0.3) is 6.43 Å². The standard InChI is InChI=1S/C9H10BrClF2N2/c10-3-4-15(6-8(12)13)9-2-1-7(11)5-14-9/h1-2,5,8H,3-4,6H2. The maximum absolute atomic E-state index is 12.3. The quantitative estimate of drug-likeness (QED) is 0.776. The third-order valence-electron chi connectivity index (χ3n) is 1.75. The first-order valence-electron chi connectivity index (χ1n) is 4.34. The van der Waals surface area contributed by atoms with E-state index in [1.807, 2.05) is 0 Å². The van der Waals surface area contributed by atoms with Gasteiger partial charge in [-0.05, 0) is 12.1 Å². The molecule has 1 aromatic rings. The lowest BCUT2D eigenvalue weighted by atomic mass is 10.4. The average Bonchev–Trinajstić information content (AvgIpc) is 2.17. The van der Waals surface area contributed by atoms with Crippen LogP contribution in [0.1, 0.15) is 0 Å². The van der Waals surface area contributed by atoms with Gasteiger partial charge in [0.05, 0.1) is 11.6 Å². The van der Waals surface area contributed by atoms with Crippen molar-refractivity contribution in [3.63, 3.8) is 0 Å². The Morgan fingerprint density at radius 2 is 2.20 bits per heavy atom. The molecule has 0 aliphatic heterocycles. The zero-order valence-electron chi connectivity index (χ0n) is 7.84. The van der Waals surface area contributed by atoms with Crippen molar-refractivity contribution in [2.75, 3.05) is 23.3 Å². The van der Waals surface area contributed by atoms with Crippen LogP contribution in [0.2, 0.25) is 5.02 Å². The molecule has 0 aromatic carbocycles. The van der Waals surface area contributed by atoms with E-state index in [4.69, 9.17) is 11.6 Å². The molecule has 0 saturated carbocycles. The van der Waals surface area contributed by atoms with E-state index >= 15 is 0 Å². The van der Waals surface area contributed by atoms with Gasteiger partial charge in [-0.15, -0.1) is 0 Å². The molecule has 0 fully saturated rings. The Kier molecular flexibility index (Phi) is 5.25. The lowest BCUT2D eigenvalue weighted by Crippen LogP contribution is -2.31. The molecule has 1 heterocycles. The minimum Gasteiger partial charge on any atom is -0.350 e. The second-order valence-corrected chi connectivity index (χ2v) is 4.09. The number of halogens is 4. The van der Waals surface area contributed by atoms with Crippen LogP contribution in [0.5, 0.6) is 0 Å². The van der Waals surface area contributed by atoms with Gasteiger partial charge in [-0.3, -0.25) is 0 Å². The van der Waals surface area contributed by atoms with Gasteiger partial charge in [-0.1, -0.05) is 27.5 Å². The molecule has 0 unspecified atom stereocenters. The summed E-state index contributed by atoms with van der Waals surface area (Å²) in [4.78, 5) is 5.50. The number of anilines is 1. The molecule has 0 N–H and O–H groups in total. The summed E-state index contributed by atoms with van der Waals surface area (Å²) in [5.41, 5.74) is 0. The van der Waals surface area contributed by atoms with Gasteiger partial charge >= 0.3 is 0 Å². The minimum atomic E-state index is -2.37. The first-order chi connectivity index (χ1) is 7.13. The predicted octanol–water partition coefficient (Wildman–Crippen LogP) is 3.20. The molecule has 84 valence electrons. The Labute approximate surface area is 100 Å². The molecule has 0 radical (unpaired) electrons. The first kappa shape index (κ1) is 12.6. The lowest BCUT2D eigenvalue weighted by Gasteiger charge is -2.22. The Morgan fingerprint density at radius 1 is 1.47 bits per heavy atom. The van der Waals surface area contributed by atoms with Gasteiger partial charge in [0.1, 0.15) is 5.82 Å². The molecule has 0 atom stereocenters. The van der Waals surface area contributed by atoms with Crippen molar-refractivity contribution >= 4 is 33.3 Å². The molecule has 6 heteroatoms. The van der Waals surface area contributed by atoms with E-state index in [-0.39, 0.29) is 6.54 Å². The summed E-state index contributed by atoms with van der Waals surface area (Å²) in [6, 6.07) is 3.27. The number of alkyl halides is 3. The van der Waals surface area contributed by atoms with Gasteiger partial charge < -0.3 is 4.90 Å². The average molecular weight is 300 g/mol. The fourth-order valence-electron chi connectivity index (χ4n) is 1.12. The molecule has 0 bridgehead atoms. The number of pyridine rings is 1. The predicted molar refractivity (Wildman–Crippen MR) is 61.3 cm³/mol. The highest BCUT2D eigenvalue weighted by molar-refractivity contribution is 9.09. The van der Waals surface area contributed by atoms with Crippen molar-refractivity contribution in [2.24, 2.45) is 0 Å². The topological polar surface area (TPSA) is 16.1 Å². The van der Waals surface area contributed by atoms with Crippen LogP contribution in [0.25, 0.3) is 0 Å². The van der Waals surface area contributed by atoms with Gasteiger partial charge in [0, 0.05) is 18.1 Å². The summed E-state index contributed by atoms with van der Waals surface area (Å²) < 4.78 is 24.5. The van der Waals surface area contributed by atoms with Crippen LogP contribution in [0, 0.1) is 0 Å². The Bertz CT molecular complexity index is 295. The van der Waals surface area contributed by atoms with E-state index < -0.39 is 6.43 Å². The molecule has 0 aliphatic carbocycles. The molecule has 2 nitrogen and oxygen atoms in total. The van der Waals surface area contributed by atoms with Crippen LogP contribution in [0.4, 0.5) is 14.6 Å². The fraction of sp³-hybridized carbons (Fsp3) is 0.444. The van der Waals surface area contributed by atoms with Crippen molar-refractivity contribution in [3.05, 3.63) is 23.4 Å². The molecule has 1 rings (SSSR count). The smallest absolute Gasteiger partial charge is 0.255 e. The molecule has 0 aliphatic rings. The summed E-state index contributed by atoms with van der Waals surface area (Å²) in [6.07, 6.45) is -0.926. The van der Waals surface area contributed by atoms with Crippen molar-refractivity contribution in [1.82, 2.24) is 4.98 Å². The van der Waals surface area contributed by atoms with E-state index in [2.05, 4.69) is 20.9 Å². The molecule has 0 amide bonds. The van der Waals surface area contributed by atoms with E-state index in [1.54, 1.807) is 12.1 Å². The van der Waals surface area contributed by atoms with E-state index in [1.165, 1.54) is 11.1 Å². The maximum Gasteiger partial charge on any atom is 0.255 e. The van der Waals surface area contributed by atoms with E-state index in [0.29, 0.717) is 22.7 Å². The van der Waals surface area contributed by atoms with Crippen LogP contribution < -0.4 is 4.90 Å². The van der Waals surface area contributed by atoms with Crippen LogP contribution in [-0.4, -0.2) is 29.8 Å². The molecule has 15 heavy (non-hydrogen) atoms. The Morgan fingerprint density at radius 3 is 2.67 bits per heavy atom. The molecule has 0 saturated heterocycles. The normalized spacial score (nSPS) is 10.7. The second kappa shape index (κ2) is 6.23. The van der Waals surface area contributed by atoms with Crippen LogP contribution >= 0.6 is 27.5 Å². The van der Waals surface area contributed by atoms with Gasteiger partial charge in [0.15, 0.2) is 0 Å². The fourth-order valence-corrected chi connectivity index (χ4v) is 1.66. The number of hydrogen-bond acceptors (Lipinski definition) is 2. The van der Waals surface area contributed by atoms with Gasteiger partial charge in [0.2, 0.25) is 0 Å². The van der Waals surface area contributed by atoms with E-state index in [9.17, 15) is 8.78 Å². The largest absolute Gasteiger partial charge is 0.350 e. The second-order valence-electron chi connectivity index (χ2n) is 2.86. The van der Waals surface area contributed by atoms with Crippen molar-refractivity contribution in [3.8, 4) is 0 Å². The molecule has 1 aromatic heterocycles. The van der Waals surface area contributed by atoms with Crippen molar-refractivity contribution < 1.29 is 8.78 Å². The lowest BCUT2D eigenvalue weighted by molar-refractivity contribution is 0.155. The SMILES string of the molecule is FC(F)CN(CCBr)c1ccc(Cl)cn1. The third kappa shape index (κ3) is 4.30. The van der Waals surface area contributed by atoms with Crippen molar-refractivity contribution in [2.45, 2.75) is 6.43 Å². The number of rotatable bonds is 5. The third-order valence-corrected chi connectivity index (χ3v) is 2.33. The van der Waals surface area contributed by atoms with Crippen molar-refractivity contribution in [1.29, 1.82) is 0 Å². The first-order valence-corrected chi connectivity index (χ1v) is 5.84. The van der Waals surface area contributed by atoms with E-state index in [0.717, 1.165) is 0 Å². The zero-order chi connectivity index (χ0) is 11.3. The summed E-state index contributed by atoms with van der Waals surface area (Å²) in [6.45, 7) is 0.166. The number of nitrogens with zero attached hydrogens (tertiary/aromatic N) is 2. The maximum atomic E-state index is 12.3. The minimum absolute atomic E-state index is 0.319. The number of hydrogen-bond donors (Lipinski definition) is 0. The van der Waals surface area contributed by atoms with Gasteiger partial charge in [-0.2, -0.15) is 0 Å². The van der Waals surface area contributed by atoms with Crippen LogP contribution in [0.3, 0.4) is 0 Å². The number of aromatic nitrogens is 1. The van der Waals surface area contributed by atoms with Crippen LogP contribution in [-0.2, 0) is 0 Å². The molecular formula is C9H10BrClF2N2. The summed E-state index contributed by atoms with van der Waals surface area (Å²) in [5, 5.41) is 1.11. The highest BCUT2D eigenvalue weighted by Gasteiger charge is 2.12. The highest BCUT2D eigenvalue weighted by Crippen LogP contribution is 2.15. The summed E-state index contributed by atoms with van der Waals surface area (Å²) in [5.74, 6) is 0.513. The Hall–Kier alpha value is -0.420. The summed E-state index contributed by atoms with van der Waals surface area (Å²) >= 11 is 8.87. The molecule has 0 spiro atoms. The monoisotopic (exact) mass is 298 g/mol. The van der Waals surface area contributed by atoms with Gasteiger partial charge in [-0.25, -0.2) is 13.8 Å². The van der Waals surface area contributed by atoms with Crippen LogP contribution in [0.15, 0.2) is 18.3 Å². The summed E-state index contributed by atoms with van der Waals surface area (Å²) in [7, 11) is 0. The highest BCUT2D eigenvalue weighted by atomic mass is 79.9. The zero-order valence-corrected chi connectivity index (χ0v) is 10.2.